The minimum atomic E-state index is -4.91. The van der Waals surface area contributed by atoms with E-state index in [1.807, 2.05) is 0 Å². The van der Waals surface area contributed by atoms with Crippen LogP contribution in [0.2, 0.25) is 5.02 Å². The number of hydrogen-bond donors (Lipinski definition) is 0. The summed E-state index contributed by atoms with van der Waals surface area (Å²) in [4.78, 5) is 26.5. The summed E-state index contributed by atoms with van der Waals surface area (Å²) in [6, 6.07) is 6.85. The zero-order valence-corrected chi connectivity index (χ0v) is 14.7. The van der Waals surface area contributed by atoms with Gasteiger partial charge in [-0.3, -0.25) is 9.59 Å². The van der Waals surface area contributed by atoms with Crippen molar-refractivity contribution in [1.29, 1.82) is 0 Å². The van der Waals surface area contributed by atoms with Crippen molar-refractivity contribution >= 4 is 34.2 Å². The Balaban J connectivity index is 1.84. The molecule has 1 aliphatic rings. The highest BCUT2D eigenvalue weighted by Gasteiger charge is 2.36. The molecule has 0 saturated carbocycles. The van der Waals surface area contributed by atoms with Crippen molar-refractivity contribution in [3.63, 3.8) is 0 Å². The predicted molar refractivity (Wildman–Crippen MR) is 94.3 cm³/mol. The lowest BCUT2D eigenvalue weighted by atomic mass is 10.0. The third-order valence-electron chi connectivity index (χ3n) is 4.56. The number of halogens is 5. The molecule has 0 aliphatic carbocycles. The summed E-state index contributed by atoms with van der Waals surface area (Å²) in [5.41, 5.74) is -1.88. The molecule has 0 fully saturated rings. The Morgan fingerprint density at radius 3 is 2.57 bits per heavy atom. The lowest BCUT2D eigenvalue weighted by Gasteiger charge is -2.28. The average molecular weight is 412 g/mol. The van der Waals surface area contributed by atoms with Crippen molar-refractivity contribution in [3.8, 4) is 0 Å². The zero-order valence-electron chi connectivity index (χ0n) is 13.9. The van der Waals surface area contributed by atoms with Gasteiger partial charge in [-0.2, -0.15) is 13.2 Å². The van der Waals surface area contributed by atoms with Gasteiger partial charge in [0.25, 0.3) is 5.91 Å². The smallest absolute Gasteiger partial charge is 0.419 e. The Morgan fingerprint density at radius 1 is 1.11 bits per heavy atom. The van der Waals surface area contributed by atoms with E-state index in [1.54, 1.807) is 6.07 Å². The van der Waals surface area contributed by atoms with E-state index in [0.717, 1.165) is 11.0 Å². The molecule has 144 valence electrons. The van der Waals surface area contributed by atoms with Crippen LogP contribution in [0.15, 0.2) is 45.6 Å². The lowest BCUT2D eigenvalue weighted by molar-refractivity contribution is -0.139. The summed E-state index contributed by atoms with van der Waals surface area (Å²) in [7, 11) is 0. The van der Waals surface area contributed by atoms with Gasteiger partial charge >= 0.3 is 6.18 Å². The van der Waals surface area contributed by atoms with Gasteiger partial charge in [-0.1, -0.05) is 17.7 Å². The van der Waals surface area contributed by atoms with Crippen LogP contribution in [0, 0.1) is 5.82 Å². The molecular formula is C19H10ClF4NO3. The monoisotopic (exact) mass is 411 g/mol. The molecule has 1 aliphatic heterocycles. The summed E-state index contributed by atoms with van der Waals surface area (Å²) < 4.78 is 58.1. The van der Waals surface area contributed by atoms with Gasteiger partial charge in [0.2, 0.25) is 0 Å². The van der Waals surface area contributed by atoms with Gasteiger partial charge in [0.1, 0.15) is 5.82 Å². The van der Waals surface area contributed by atoms with E-state index in [0.29, 0.717) is 12.1 Å². The number of hydrogen-bond acceptors (Lipinski definition) is 3. The summed E-state index contributed by atoms with van der Waals surface area (Å²) in [5, 5.41) is 0.345. The van der Waals surface area contributed by atoms with Gasteiger partial charge in [-0.05, 0) is 36.8 Å². The van der Waals surface area contributed by atoms with Crippen molar-refractivity contribution in [2.75, 3.05) is 11.4 Å². The molecule has 2 aromatic carbocycles. The minimum absolute atomic E-state index is 0.0261. The van der Waals surface area contributed by atoms with Crippen molar-refractivity contribution in [2.24, 2.45) is 0 Å². The Hall–Kier alpha value is -2.87. The molecule has 0 bridgehead atoms. The highest BCUT2D eigenvalue weighted by Crippen LogP contribution is 2.35. The average Bonchev–Trinajstić information content (AvgIpc) is 2.63. The molecule has 28 heavy (non-hydrogen) atoms. The van der Waals surface area contributed by atoms with Crippen molar-refractivity contribution in [1.82, 2.24) is 0 Å². The fraction of sp³-hybridized carbons (Fsp3) is 0.158. The second kappa shape index (κ2) is 6.34. The zero-order chi connectivity index (χ0) is 20.2. The molecule has 3 aromatic rings. The SMILES string of the molecule is O=C1c2oc3c(Cl)cccc3c(=O)c2CCN1c1ccc(F)c(C(F)(F)F)c1. The molecule has 1 amide bonds. The molecule has 0 atom stereocenters. The second-order valence-electron chi connectivity index (χ2n) is 6.22. The van der Waals surface area contributed by atoms with E-state index in [4.69, 9.17) is 16.0 Å². The number of alkyl halides is 3. The van der Waals surface area contributed by atoms with E-state index in [9.17, 15) is 27.2 Å². The van der Waals surface area contributed by atoms with E-state index >= 15 is 0 Å². The molecule has 4 rings (SSSR count). The summed E-state index contributed by atoms with van der Waals surface area (Å²) in [6.07, 6.45) is -4.84. The standard InChI is InChI=1S/C19H10ClF4NO3/c20-13-3-1-2-10-15(26)11-6-7-25(18(27)17(11)28-16(10)13)9-4-5-14(21)12(8-9)19(22,23)24/h1-5,8H,6-7H2. The number of carbonyl (C=O) groups is 1. The van der Waals surface area contributed by atoms with Crippen LogP contribution in [-0.4, -0.2) is 12.5 Å². The van der Waals surface area contributed by atoms with Gasteiger partial charge in [0.15, 0.2) is 16.8 Å². The predicted octanol–water partition coefficient (Wildman–Crippen LogP) is 4.81. The van der Waals surface area contributed by atoms with Crippen LogP contribution in [0.4, 0.5) is 23.2 Å². The first kappa shape index (κ1) is 18.5. The second-order valence-corrected chi connectivity index (χ2v) is 6.63. The van der Waals surface area contributed by atoms with Crippen LogP contribution in [0.1, 0.15) is 21.7 Å². The third kappa shape index (κ3) is 2.84. The van der Waals surface area contributed by atoms with Crippen LogP contribution >= 0.6 is 11.6 Å². The maximum Gasteiger partial charge on any atom is 0.419 e. The van der Waals surface area contributed by atoms with Crippen molar-refractivity contribution in [3.05, 3.63) is 74.3 Å². The normalized spacial score (nSPS) is 14.5. The molecule has 9 heteroatoms. The molecule has 0 unspecified atom stereocenters. The van der Waals surface area contributed by atoms with Gasteiger partial charge in [-0.25, -0.2) is 4.39 Å². The molecule has 0 saturated heterocycles. The molecule has 0 N–H and O–H groups in total. The van der Waals surface area contributed by atoms with E-state index in [1.165, 1.54) is 12.1 Å². The highest BCUT2D eigenvalue weighted by molar-refractivity contribution is 6.34. The van der Waals surface area contributed by atoms with Gasteiger partial charge in [0, 0.05) is 12.2 Å². The topological polar surface area (TPSA) is 50.5 Å². The number of rotatable bonds is 1. The van der Waals surface area contributed by atoms with E-state index < -0.39 is 28.9 Å². The first-order valence-electron chi connectivity index (χ1n) is 8.11. The quantitative estimate of drug-likeness (QED) is 0.540. The molecule has 2 heterocycles. The van der Waals surface area contributed by atoms with Crippen LogP contribution in [0.25, 0.3) is 11.0 Å². The first-order valence-corrected chi connectivity index (χ1v) is 8.49. The van der Waals surface area contributed by atoms with E-state index in [2.05, 4.69) is 0 Å². The molecular weight excluding hydrogens is 402 g/mol. The number of amides is 1. The van der Waals surface area contributed by atoms with Gasteiger partial charge in [-0.15, -0.1) is 0 Å². The van der Waals surface area contributed by atoms with Crippen LogP contribution in [0.5, 0.6) is 0 Å². The number of carbonyl (C=O) groups excluding carboxylic acids is 1. The molecule has 0 radical (unpaired) electrons. The largest absolute Gasteiger partial charge is 0.449 e. The summed E-state index contributed by atoms with van der Waals surface area (Å²) in [6.45, 7) is -0.0500. The number of benzene rings is 2. The Bertz CT molecular complexity index is 1190. The van der Waals surface area contributed by atoms with Crippen LogP contribution in [0.3, 0.4) is 0 Å². The van der Waals surface area contributed by atoms with Crippen molar-refractivity contribution < 1.29 is 26.8 Å². The summed E-state index contributed by atoms with van der Waals surface area (Å²) >= 11 is 6.04. The lowest BCUT2D eigenvalue weighted by Crippen LogP contribution is -2.40. The number of para-hydroxylation sites is 1. The molecule has 4 nitrogen and oxygen atoms in total. The van der Waals surface area contributed by atoms with Crippen molar-refractivity contribution in [2.45, 2.75) is 12.6 Å². The maximum atomic E-state index is 13.5. The number of nitrogens with zero attached hydrogens (tertiary/aromatic N) is 1. The Kier molecular flexibility index (Phi) is 4.19. The Labute approximate surface area is 159 Å². The first-order chi connectivity index (χ1) is 13.2. The van der Waals surface area contributed by atoms with Crippen LogP contribution in [-0.2, 0) is 12.6 Å². The number of fused-ring (bicyclic) bond motifs is 2. The van der Waals surface area contributed by atoms with Gasteiger partial charge < -0.3 is 9.32 Å². The molecule has 1 aromatic heterocycles. The molecule has 0 spiro atoms. The third-order valence-corrected chi connectivity index (χ3v) is 4.85. The van der Waals surface area contributed by atoms with E-state index in [-0.39, 0.29) is 46.0 Å². The van der Waals surface area contributed by atoms with Gasteiger partial charge in [0.05, 0.1) is 21.5 Å². The fourth-order valence-corrected chi connectivity index (χ4v) is 3.43. The minimum Gasteiger partial charge on any atom is -0.449 e. The Morgan fingerprint density at radius 2 is 1.86 bits per heavy atom. The van der Waals surface area contributed by atoms with Crippen LogP contribution < -0.4 is 10.3 Å². The maximum absolute atomic E-state index is 13.5. The highest BCUT2D eigenvalue weighted by atomic mass is 35.5. The summed E-state index contributed by atoms with van der Waals surface area (Å²) in [5.74, 6) is -2.51. The number of anilines is 1. The fourth-order valence-electron chi connectivity index (χ4n) is 3.21.